The minimum atomic E-state index is -0.274. The molecule has 4 heteroatoms. The van der Waals surface area contributed by atoms with E-state index in [9.17, 15) is 4.79 Å². The normalized spacial score (nSPS) is 11.2. The van der Waals surface area contributed by atoms with Crippen LogP contribution in [-0.4, -0.2) is 25.1 Å². The van der Waals surface area contributed by atoms with Crippen LogP contribution in [0.1, 0.15) is 32.3 Å². The number of ether oxygens (including phenoxy) is 1. The average molecular weight is 264 g/mol. The van der Waals surface area contributed by atoms with Crippen LogP contribution in [0.4, 0.5) is 0 Å². The molecule has 19 heavy (non-hydrogen) atoms. The molecule has 0 unspecified atom stereocenters. The third-order valence-electron chi connectivity index (χ3n) is 3.67. The van der Waals surface area contributed by atoms with Gasteiger partial charge in [-0.3, -0.25) is 4.79 Å². The Labute approximate surface area is 115 Å². The summed E-state index contributed by atoms with van der Waals surface area (Å²) < 4.78 is 5.09. The number of carbonyl (C=O) groups excluding carboxylic acids is 1. The van der Waals surface area contributed by atoms with Crippen molar-refractivity contribution in [3.63, 3.8) is 0 Å². The van der Waals surface area contributed by atoms with Gasteiger partial charge in [-0.2, -0.15) is 0 Å². The molecule has 1 amide bonds. The highest BCUT2D eigenvalue weighted by atomic mass is 16.5. The van der Waals surface area contributed by atoms with Crippen LogP contribution < -0.4 is 15.8 Å². The lowest BCUT2D eigenvalue weighted by atomic mass is 9.92. The standard InChI is InChI=1S/C15H24N2O2/c1-4-15(5-2,11-16)17-14(18)10-12-6-8-13(19-3)9-7-12/h6-9H,4-5,10-11,16H2,1-3H3,(H,17,18). The molecule has 0 atom stereocenters. The van der Waals surface area contributed by atoms with Crippen molar-refractivity contribution in [1.82, 2.24) is 5.32 Å². The number of rotatable bonds is 7. The Balaban J connectivity index is 2.63. The second-order valence-corrected chi connectivity index (χ2v) is 4.76. The Bertz CT molecular complexity index is 389. The van der Waals surface area contributed by atoms with E-state index >= 15 is 0 Å². The SMILES string of the molecule is CCC(CC)(CN)NC(=O)Cc1ccc(OC)cc1. The zero-order valence-corrected chi connectivity index (χ0v) is 12.0. The molecule has 0 aliphatic rings. The van der Waals surface area contributed by atoms with Crippen LogP contribution in [0.25, 0.3) is 0 Å². The first-order valence-electron chi connectivity index (χ1n) is 6.73. The van der Waals surface area contributed by atoms with Gasteiger partial charge in [-0.05, 0) is 30.5 Å². The monoisotopic (exact) mass is 264 g/mol. The van der Waals surface area contributed by atoms with Crippen LogP contribution in [-0.2, 0) is 11.2 Å². The van der Waals surface area contributed by atoms with Crippen molar-refractivity contribution in [3.05, 3.63) is 29.8 Å². The van der Waals surface area contributed by atoms with Gasteiger partial charge in [-0.1, -0.05) is 26.0 Å². The maximum absolute atomic E-state index is 12.1. The third-order valence-corrected chi connectivity index (χ3v) is 3.67. The Kier molecular flexibility index (Phi) is 5.83. The summed E-state index contributed by atoms with van der Waals surface area (Å²) in [6, 6.07) is 7.53. The van der Waals surface area contributed by atoms with Gasteiger partial charge in [0.2, 0.25) is 5.91 Å². The van der Waals surface area contributed by atoms with E-state index in [0.29, 0.717) is 13.0 Å². The van der Waals surface area contributed by atoms with Gasteiger partial charge in [0.15, 0.2) is 0 Å². The number of hydrogen-bond acceptors (Lipinski definition) is 3. The van der Waals surface area contributed by atoms with E-state index in [0.717, 1.165) is 24.2 Å². The highest BCUT2D eigenvalue weighted by Gasteiger charge is 2.26. The quantitative estimate of drug-likeness (QED) is 0.790. The fourth-order valence-corrected chi connectivity index (χ4v) is 2.04. The van der Waals surface area contributed by atoms with Crippen LogP contribution in [0.3, 0.4) is 0 Å². The summed E-state index contributed by atoms with van der Waals surface area (Å²) in [4.78, 5) is 12.1. The zero-order chi connectivity index (χ0) is 14.3. The van der Waals surface area contributed by atoms with Crippen molar-refractivity contribution in [2.24, 2.45) is 5.73 Å². The maximum atomic E-state index is 12.1. The van der Waals surface area contributed by atoms with E-state index in [-0.39, 0.29) is 11.4 Å². The van der Waals surface area contributed by atoms with Gasteiger partial charge in [-0.25, -0.2) is 0 Å². The summed E-state index contributed by atoms with van der Waals surface area (Å²) >= 11 is 0. The van der Waals surface area contributed by atoms with Gasteiger partial charge >= 0.3 is 0 Å². The average Bonchev–Trinajstić information content (AvgIpc) is 2.46. The number of carbonyl (C=O) groups is 1. The van der Waals surface area contributed by atoms with Crippen molar-refractivity contribution < 1.29 is 9.53 Å². The van der Waals surface area contributed by atoms with Gasteiger partial charge in [0.25, 0.3) is 0 Å². The Morgan fingerprint density at radius 3 is 2.26 bits per heavy atom. The lowest BCUT2D eigenvalue weighted by Crippen LogP contribution is -2.53. The summed E-state index contributed by atoms with van der Waals surface area (Å²) in [5, 5.41) is 3.06. The smallest absolute Gasteiger partial charge is 0.224 e. The number of benzene rings is 1. The number of nitrogens with two attached hydrogens (primary N) is 1. The number of hydrogen-bond donors (Lipinski definition) is 2. The van der Waals surface area contributed by atoms with Crippen molar-refractivity contribution in [3.8, 4) is 5.75 Å². The predicted octanol–water partition coefficient (Wildman–Crippen LogP) is 1.87. The van der Waals surface area contributed by atoms with Crippen molar-refractivity contribution in [2.75, 3.05) is 13.7 Å². The molecule has 0 saturated heterocycles. The Morgan fingerprint density at radius 2 is 1.84 bits per heavy atom. The molecule has 0 bridgehead atoms. The number of amides is 1. The fourth-order valence-electron chi connectivity index (χ4n) is 2.04. The lowest BCUT2D eigenvalue weighted by molar-refractivity contribution is -0.122. The van der Waals surface area contributed by atoms with Gasteiger partial charge in [0.1, 0.15) is 5.75 Å². The lowest BCUT2D eigenvalue weighted by Gasteiger charge is -2.31. The molecule has 0 fully saturated rings. The molecule has 0 aliphatic carbocycles. The maximum Gasteiger partial charge on any atom is 0.224 e. The molecule has 0 saturated carbocycles. The zero-order valence-electron chi connectivity index (χ0n) is 12.0. The predicted molar refractivity (Wildman–Crippen MR) is 77.2 cm³/mol. The first kappa shape index (κ1) is 15.5. The first-order valence-corrected chi connectivity index (χ1v) is 6.73. The van der Waals surface area contributed by atoms with E-state index in [2.05, 4.69) is 5.32 Å². The molecule has 0 heterocycles. The fraction of sp³-hybridized carbons (Fsp3) is 0.533. The molecule has 4 nitrogen and oxygen atoms in total. The highest BCUT2D eigenvalue weighted by Crippen LogP contribution is 2.15. The first-order chi connectivity index (χ1) is 9.09. The van der Waals surface area contributed by atoms with Gasteiger partial charge in [0.05, 0.1) is 19.1 Å². The van der Waals surface area contributed by atoms with E-state index in [1.165, 1.54) is 0 Å². The minimum absolute atomic E-state index is 0.0133. The highest BCUT2D eigenvalue weighted by molar-refractivity contribution is 5.79. The van der Waals surface area contributed by atoms with Crippen molar-refractivity contribution in [1.29, 1.82) is 0 Å². The molecule has 0 spiro atoms. The van der Waals surface area contributed by atoms with Gasteiger partial charge < -0.3 is 15.8 Å². The second kappa shape index (κ2) is 7.14. The number of nitrogens with one attached hydrogen (secondary N) is 1. The summed E-state index contributed by atoms with van der Waals surface area (Å²) in [6.07, 6.45) is 2.05. The van der Waals surface area contributed by atoms with Crippen LogP contribution in [0, 0.1) is 0 Å². The Morgan fingerprint density at radius 1 is 1.26 bits per heavy atom. The van der Waals surface area contributed by atoms with Gasteiger partial charge in [-0.15, -0.1) is 0 Å². The molecule has 0 aromatic heterocycles. The molecule has 0 aliphatic heterocycles. The summed E-state index contributed by atoms with van der Waals surface area (Å²) in [6.45, 7) is 4.56. The minimum Gasteiger partial charge on any atom is -0.497 e. The largest absolute Gasteiger partial charge is 0.497 e. The molecular formula is C15H24N2O2. The molecule has 1 aromatic rings. The molecule has 106 valence electrons. The summed E-state index contributed by atoms with van der Waals surface area (Å²) in [5.41, 5.74) is 6.47. The Hall–Kier alpha value is -1.55. The van der Waals surface area contributed by atoms with Crippen LogP contribution >= 0.6 is 0 Å². The van der Waals surface area contributed by atoms with Gasteiger partial charge in [0, 0.05) is 6.54 Å². The van der Waals surface area contributed by atoms with E-state index in [1.54, 1.807) is 7.11 Å². The van der Waals surface area contributed by atoms with Crippen molar-refractivity contribution >= 4 is 5.91 Å². The van der Waals surface area contributed by atoms with E-state index in [4.69, 9.17) is 10.5 Å². The third kappa shape index (κ3) is 4.24. The van der Waals surface area contributed by atoms with Crippen LogP contribution in [0.5, 0.6) is 5.75 Å². The summed E-state index contributed by atoms with van der Waals surface area (Å²) in [7, 11) is 1.62. The number of methoxy groups -OCH3 is 1. The molecule has 3 N–H and O–H groups in total. The van der Waals surface area contributed by atoms with Crippen LogP contribution in [0.2, 0.25) is 0 Å². The molecule has 1 rings (SSSR count). The van der Waals surface area contributed by atoms with E-state index in [1.807, 2.05) is 38.1 Å². The molecule has 0 radical (unpaired) electrons. The molecular weight excluding hydrogens is 240 g/mol. The second-order valence-electron chi connectivity index (χ2n) is 4.76. The molecule has 1 aromatic carbocycles. The summed E-state index contributed by atoms with van der Waals surface area (Å²) in [5.74, 6) is 0.807. The van der Waals surface area contributed by atoms with E-state index < -0.39 is 0 Å². The van der Waals surface area contributed by atoms with Crippen LogP contribution in [0.15, 0.2) is 24.3 Å². The topological polar surface area (TPSA) is 64.3 Å². The van der Waals surface area contributed by atoms with Crippen molar-refractivity contribution in [2.45, 2.75) is 38.6 Å².